The minimum absolute atomic E-state index is 0.507. The van der Waals surface area contributed by atoms with Crippen LogP contribution >= 0.6 is 15.9 Å². The Kier molecular flexibility index (Phi) is 5.94. The third-order valence-corrected chi connectivity index (χ3v) is 3.90. The molecule has 0 aliphatic carbocycles. The summed E-state index contributed by atoms with van der Waals surface area (Å²) in [5.74, 6) is -0.657. The van der Waals surface area contributed by atoms with Crippen LogP contribution < -0.4 is 4.72 Å². The van der Waals surface area contributed by atoms with Crippen LogP contribution in [0.4, 0.5) is 0 Å². The summed E-state index contributed by atoms with van der Waals surface area (Å²) in [4.78, 5) is 11.9. The highest BCUT2D eigenvalue weighted by Crippen LogP contribution is 2.13. The summed E-state index contributed by atoms with van der Waals surface area (Å²) in [6.07, 6.45) is -1.00. The molecule has 0 bridgehead atoms. The Labute approximate surface area is 116 Å². The first-order chi connectivity index (χ1) is 8.45. The number of aliphatic hydroxyl groups is 1. The van der Waals surface area contributed by atoms with E-state index in [0.717, 1.165) is 4.47 Å². The Balaban J connectivity index is 2.78. The van der Waals surface area contributed by atoms with Crippen LogP contribution in [0.5, 0.6) is 0 Å². The average molecular weight is 336 g/mol. The number of carbonyl (C=O) groups is 1. The zero-order valence-electron chi connectivity index (χ0n) is 9.92. The van der Waals surface area contributed by atoms with Gasteiger partial charge < -0.3 is 9.84 Å². The van der Waals surface area contributed by atoms with E-state index in [0.29, 0.717) is 4.90 Å². The van der Waals surface area contributed by atoms with Gasteiger partial charge in [0.15, 0.2) is 0 Å². The van der Waals surface area contributed by atoms with E-state index in [4.69, 9.17) is 0 Å². The number of methoxy groups -OCH3 is 1. The van der Waals surface area contributed by atoms with E-state index >= 15 is 0 Å². The van der Waals surface area contributed by atoms with Crippen molar-refractivity contribution in [2.24, 2.45) is 0 Å². The van der Waals surface area contributed by atoms with Gasteiger partial charge in [-0.1, -0.05) is 15.9 Å². The first-order valence-corrected chi connectivity index (χ1v) is 7.09. The zero-order chi connectivity index (χ0) is 13.7. The third-order valence-electron chi connectivity index (χ3n) is 2.20. The van der Waals surface area contributed by atoms with Crippen molar-refractivity contribution in [3.63, 3.8) is 0 Å². The molecule has 0 amide bonds. The molecule has 3 atom stereocenters. The van der Waals surface area contributed by atoms with Crippen LogP contribution in [0.1, 0.15) is 6.92 Å². The van der Waals surface area contributed by atoms with Crippen LogP contribution in [-0.2, 0) is 20.5 Å². The molecular weight excluding hydrogens is 322 g/mol. The largest absolute Gasteiger partial charge is 0.468 e. The molecule has 1 aromatic carbocycles. The lowest BCUT2D eigenvalue weighted by atomic mass is 10.2. The fourth-order valence-corrected chi connectivity index (χ4v) is 2.52. The van der Waals surface area contributed by atoms with Crippen molar-refractivity contribution < 1.29 is 18.8 Å². The van der Waals surface area contributed by atoms with Crippen molar-refractivity contribution in [1.82, 2.24) is 4.72 Å². The highest BCUT2D eigenvalue weighted by atomic mass is 79.9. The number of hydrogen-bond donors (Lipinski definition) is 2. The number of esters is 1. The quantitative estimate of drug-likeness (QED) is 0.786. The summed E-state index contributed by atoms with van der Waals surface area (Å²) in [6, 6.07) is 5.77. The molecule has 0 aliphatic rings. The number of aliphatic hydroxyl groups excluding tert-OH is 1. The van der Waals surface area contributed by atoms with Gasteiger partial charge >= 0.3 is 5.97 Å². The zero-order valence-corrected chi connectivity index (χ0v) is 12.3. The number of ether oxygens (including phenoxy) is 1. The SMILES string of the molecule is COC(=O)[C@@H](NS(=O)c1ccc(Br)cc1)C(C)O. The predicted molar refractivity (Wildman–Crippen MR) is 71.2 cm³/mol. The molecule has 0 saturated carbocycles. The molecular formula is C11H14BrNO4S. The Morgan fingerprint density at radius 1 is 1.44 bits per heavy atom. The Morgan fingerprint density at radius 2 is 2.00 bits per heavy atom. The molecule has 0 saturated heterocycles. The molecule has 0 fully saturated rings. The highest BCUT2D eigenvalue weighted by molar-refractivity contribution is 9.10. The number of benzene rings is 1. The van der Waals surface area contributed by atoms with Gasteiger partial charge in [0.2, 0.25) is 0 Å². The lowest BCUT2D eigenvalue weighted by Crippen LogP contribution is -2.46. The monoisotopic (exact) mass is 335 g/mol. The van der Waals surface area contributed by atoms with Gasteiger partial charge in [-0.25, -0.2) is 8.93 Å². The maximum absolute atomic E-state index is 12.0. The summed E-state index contributed by atoms with van der Waals surface area (Å²) < 4.78 is 19.9. The number of hydrogen-bond acceptors (Lipinski definition) is 4. The Bertz CT molecular complexity index is 435. The second kappa shape index (κ2) is 6.98. The minimum atomic E-state index is -1.60. The van der Waals surface area contributed by atoms with Crippen molar-refractivity contribution in [2.75, 3.05) is 7.11 Å². The molecule has 100 valence electrons. The molecule has 7 heteroatoms. The van der Waals surface area contributed by atoms with Crippen LogP contribution in [0.3, 0.4) is 0 Å². The van der Waals surface area contributed by atoms with Crippen molar-refractivity contribution in [2.45, 2.75) is 24.0 Å². The predicted octanol–water partition coefficient (Wildman–Crippen LogP) is 0.984. The lowest BCUT2D eigenvalue weighted by molar-refractivity contribution is -0.145. The first-order valence-electron chi connectivity index (χ1n) is 5.15. The number of carbonyl (C=O) groups excluding carboxylic acids is 1. The van der Waals surface area contributed by atoms with Gasteiger partial charge in [-0.2, -0.15) is 0 Å². The van der Waals surface area contributed by atoms with Crippen LogP contribution in [0, 0.1) is 0 Å². The Morgan fingerprint density at radius 3 is 2.44 bits per heavy atom. The van der Waals surface area contributed by atoms with E-state index in [2.05, 4.69) is 25.4 Å². The molecule has 0 radical (unpaired) electrons. The maximum Gasteiger partial charge on any atom is 0.326 e. The molecule has 2 unspecified atom stereocenters. The van der Waals surface area contributed by atoms with Gasteiger partial charge in [0, 0.05) is 4.47 Å². The van der Waals surface area contributed by atoms with E-state index in [1.165, 1.54) is 14.0 Å². The fraction of sp³-hybridized carbons (Fsp3) is 0.364. The molecule has 0 aliphatic heterocycles. The van der Waals surface area contributed by atoms with E-state index in [9.17, 15) is 14.1 Å². The topological polar surface area (TPSA) is 75.6 Å². The molecule has 1 rings (SSSR count). The van der Waals surface area contributed by atoms with Crippen molar-refractivity contribution in [1.29, 1.82) is 0 Å². The second-order valence-corrected chi connectivity index (χ2v) is 5.74. The summed E-state index contributed by atoms with van der Waals surface area (Å²) in [5, 5.41) is 9.45. The van der Waals surface area contributed by atoms with Crippen LogP contribution in [0.25, 0.3) is 0 Å². The number of rotatable bonds is 5. The molecule has 0 spiro atoms. The summed E-state index contributed by atoms with van der Waals surface area (Å²) in [6.45, 7) is 1.42. The summed E-state index contributed by atoms with van der Waals surface area (Å²) >= 11 is 3.27. The molecule has 2 N–H and O–H groups in total. The Hall–Kier alpha value is -0.760. The second-order valence-electron chi connectivity index (χ2n) is 3.58. The van der Waals surface area contributed by atoms with Crippen LogP contribution in [0.2, 0.25) is 0 Å². The normalized spacial score (nSPS) is 15.8. The van der Waals surface area contributed by atoms with Gasteiger partial charge in [-0.3, -0.25) is 4.79 Å². The van der Waals surface area contributed by atoms with E-state index in [-0.39, 0.29) is 0 Å². The minimum Gasteiger partial charge on any atom is -0.468 e. The summed E-state index contributed by atoms with van der Waals surface area (Å²) in [7, 11) is -0.386. The summed E-state index contributed by atoms with van der Waals surface area (Å²) in [5.41, 5.74) is 0. The maximum atomic E-state index is 12.0. The van der Waals surface area contributed by atoms with Gasteiger partial charge in [-0.05, 0) is 31.2 Å². The van der Waals surface area contributed by atoms with E-state index in [1.54, 1.807) is 24.3 Å². The highest BCUT2D eigenvalue weighted by Gasteiger charge is 2.26. The van der Waals surface area contributed by atoms with E-state index in [1.807, 2.05) is 0 Å². The van der Waals surface area contributed by atoms with Gasteiger partial charge in [0.1, 0.15) is 17.0 Å². The average Bonchev–Trinajstić information content (AvgIpc) is 2.35. The van der Waals surface area contributed by atoms with E-state index < -0.39 is 29.1 Å². The van der Waals surface area contributed by atoms with Gasteiger partial charge in [-0.15, -0.1) is 0 Å². The number of halogens is 1. The molecule has 18 heavy (non-hydrogen) atoms. The van der Waals surface area contributed by atoms with Crippen LogP contribution in [-0.4, -0.2) is 34.5 Å². The van der Waals surface area contributed by atoms with Gasteiger partial charge in [0.25, 0.3) is 0 Å². The lowest BCUT2D eigenvalue weighted by Gasteiger charge is -2.18. The first kappa shape index (κ1) is 15.3. The van der Waals surface area contributed by atoms with Crippen molar-refractivity contribution >= 4 is 32.9 Å². The smallest absolute Gasteiger partial charge is 0.326 e. The molecule has 0 aromatic heterocycles. The molecule has 5 nitrogen and oxygen atoms in total. The van der Waals surface area contributed by atoms with Gasteiger partial charge in [0.05, 0.1) is 18.1 Å². The third kappa shape index (κ3) is 4.16. The molecule has 1 aromatic rings. The van der Waals surface area contributed by atoms with Crippen molar-refractivity contribution in [3.8, 4) is 0 Å². The molecule has 0 heterocycles. The van der Waals surface area contributed by atoms with Crippen LogP contribution in [0.15, 0.2) is 33.6 Å². The standard InChI is InChI=1S/C11H14BrNO4S/c1-7(14)10(11(15)17-2)13-18(16)9-5-3-8(12)4-6-9/h3-7,10,13-14H,1-2H3/t7?,10-,18?/m0/s1. The fourth-order valence-electron chi connectivity index (χ4n) is 1.21. The van der Waals surface area contributed by atoms with Crippen molar-refractivity contribution in [3.05, 3.63) is 28.7 Å². The number of nitrogens with one attached hydrogen (secondary N) is 1.